The van der Waals surface area contributed by atoms with E-state index >= 15 is 0 Å². The second-order valence-electron chi connectivity index (χ2n) is 3.66. The van der Waals surface area contributed by atoms with E-state index in [1.165, 1.54) is 5.56 Å². The molecule has 0 saturated heterocycles. The maximum Gasteiger partial charge on any atom is 0.0546 e. The van der Waals surface area contributed by atoms with Gasteiger partial charge < -0.3 is 5.11 Å². The molecule has 0 spiro atoms. The number of hydrogen-bond donors (Lipinski definition) is 1. The smallest absolute Gasteiger partial charge is 0.0546 e. The van der Waals surface area contributed by atoms with E-state index < -0.39 is 0 Å². The van der Waals surface area contributed by atoms with E-state index in [4.69, 9.17) is 0 Å². The highest BCUT2D eigenvalue weighted by Crippen LogP contribution is 2.49. The molecule has 1 nitrogen and oxygen atoms in total. The Balaban J connectivity index is 2.06. The molecule has 0 aliphatic heterocycles. The van der Waals surface area contributed by atoms with Crippen molar-refractivity contribution in [2.24, 2.45) is 5.92 Å². The summed E-state index contributed by atoms with van der Waals surface area (Å²) in [6, 6.07) is 10.4. The van der Waals surface area contributed by atoms with Crippen LogP contribution in [0.5, 0.6) is 0 Å². The van der Waals surface area contributed by atoms with Crippen LogP contribution in [0.2, 0.25) is 0 Å². The van der Waals surface area contributed by atoms with E-state index in [9.17, 15) is 5.11 Å². The van der Waals surface area contributed by atoms with Gasteiger partial charge in [-0.25, -0.2) is 0 Å². The summed E-state index contributed by atoms with van der Waals surface area (Å²) in [6.07, 6.45) is 1.01. The van der Waals surface area contributed by atoms with Gasteiger partial charge in [0.2, 0.25) is 0 Å². The van der Waals surface area contributed by atoms with Crippen molar-refractivity contribution in [3.8, 4) is 0 Å². The quantitative estimate of drug-likeness (QED) is 0.706. The Bertz CT molecular complexity index is 253. The second kappa shape index (κ2) is 2.91. The van der Waals surface area contributed by atoms with Gasteiger partial charge in [-0.05, 0) is 30.7 Å². The molecular weight excluding hydrogens is 148 g/mol. The summed E-state index contributed by atoms with van der Waals surface area (Å²) in [5, 5.41) is 9.32. The van der Waals surface area contributed by atoms with Gasteiger partial charge in [0.1, 0.15) is 0 Å². The largest absolute Gasteiger partial charge is 0.393 e. The Morgan fingerprint density at radius 1 is 1.33 bits per heavy atom. The van der Waals surface area contributed by atoms with Crippen molar-refractivity contribution in [1.29, 1.82) is 0 Å². The van der Waals surface area contributed by atoms with Gasteiger partial charge in [0.25, 0.3) is 0 Å². The first-order valence-corrected chi connectivity index (χ1v) is 4.52. The Morgan fingerprint density at radius 3 is 2.50 bits per heavy atom. The number of aliphatic hydroxyl groups is 1. The first kappa shape index (κ1) is 7.81. The fraction of sp³-hybridized carbons (Fsp3) is 0.455. The zero-order valence-electron chi connectivity index (χ0n) is 7.27. The predicted molar refractivity (Wildman–Crippen MR) is 49.0 cm³/mol. The van der Waals surface area contributed by atoms with Gasteiger partial charge in [0.15, 0.2) is 0 Å². The molecule has 0 amide bonds. The summed E-state index contributed by atoms with van der Waals surface area (Å²) in [7, 11) is 0. The third-order valence-corrected chi connectivity index (χ3v) is 2.69. The highest BCUT2D eigenvalue weighted by molar-refractivity contribution is 5.25. The average molecular weight is 162 g/mol. The van der Waals surface area contributed by atoms with Gasteiger partial charge in [-0.15, -0.1) is 0 Å². The summed E-state index contributed by atoms with van der Waals surface area (Å²) < 4.78 is 0. The second-order valence-corrected chi connectivity index (χ2v) is 3.66. The lowest BCUT2D eigenvalue weighted by Gasteiger charge is -2.02. The summed E-state index contributed by atoms with van der Waals surface area (Å²) in [6.45, 7) is 1.88. The van der Waals surface area contributed by atoms with Crippen molar-refractivity contribution in [3.63, 3.8) is 0 Å². The minimum Gasteiger partial charge on any atom is -0.393 e. The highest BCUT2D eigenvalue weighted by Gasteiger charge is 2.41. The van der Waals surface area contributed by atoms with Crippen LogP contribution in [0.25, 0.3) is 0 Å². The van der Waals surface area contributed by atoms with E-state index in [1.54, 1.807) is 0 Å². The lowest BCUT2D eigenvalue weighted by atomic mass is 10.1. The van der Waals surface area contributed by atoms with Crippen LogP contribution < -0.4 is 0 Å². The SMILES string of the molecule is C[C@H](O)[C@@H]1C[C@H]1c1ccccc1. The normalized spacial score (nSPS) is 29.8. The van der Waals surface area contributed by atoms with Crippen LogP contribution in [-0.2, 0) is 0 Å². The van der Waals surface area contributed by atoms with Crippen LogP contribution in [0.1, 0.15) is 24.8 Å². The van der Waals surface area contributed by atoms with E-state index in [-0.39, 0.29) is 6.10 Å². The molecule has 1 N–H and O–H groups in total. The van der Waals surface area contributed by atoms with E-state index in [2.05, 4.69) is 24.3 Å². The number of benzene rings is 1. The fourth-order valence-electron chi connectivity index (χ4n) is 1.83. The molecule has 1 heteroatoms. The zero-order chi connectivity index (χ0) is 8.55. The first-order chi connectivity index (χ1) is 5.79. The maximum atomic E-state index is 9.32. The van der Waals surface area contributed by atoms with Gasteiger partial charge >= 0.3 is 0 Å². The van der Waals surface area contributed by atoms with Crippen molar-refractivity contribution in [3.05, 3.63) is 35.9 Å². The minimum absolute atomic E-state index is 0.143. The monoisotopic (exact) mass is 162 g/mol. The summed E-state index contributed by atoms with van der Waals surface area (Å²) >= 11 is 0. The third kappa shape index (κ3) is 1.37. The Morgan fingerprint density at radius 2 is 2.00 bits per heavy atom. The molecule has 64 valence electrons. The molecule has 0 aromatic heterocycles. The predicted octanol–water partition coefficient (Wildman–Crippen LogP) is 2.17. The first-order valence-electron chi connectivity index (χ1n) is 4.52. The van der Waals surface area contributed by atoms with Crippen LogP contribution in [0.4, 0.5) is 0 Å². The van der Waals surface area contributed by atoms with Crippen molar-refractivity contribution in [2.45, 2.75) is 25.4 Å². The minimum atomic E-state index is -0.143. The van der Waals surface area contributed by atoms with Crippen molar-refractivity contribution in [1.82, 2.24) is 0 Å². The molecule has 1 aliphatic carbocycles. The lowest BCUT2D eigenvalue weighted by Crippen LogP contribution is -2.03. The summed E-state index contributed by atoms with van der Waals surface area (Å²) in [4.78, 5) is 0. The van der Waals surface area contributed by atoms with Crippen LogP contribution >= 0.6 is 0 Å². The molecule has 1 aromatic rings. The average Bonchev–Trinajstić information content (AvgIpc) is 2.84. The Kier molecular flexibility index (Phi) is 1.89. The van der Waals surface area contributed by atoms with Crippen LogP contribution in [0, 0.1) is 5.92 Å². The van der Waals surface area contributed by atoms with Crippen molar-refractivity contribution in [2.75, 3.05) is 0 Å². The van der Waals surface area contributed by atoms with Crippen molar-refractivity contribution >= 4 is 0 Å². The molecule has 0 bridgehead atoms. The van der Waals surface area contributed by atoms with Crippen LogP contribution in [-0.4, -0.2) is 11.2 Å². The molecule has 1 saturated carbocycles. The third-order valence-electron chi connectivity index (χ3n) is 2.69. The molecule has 0 radical (unpaired) electrons. The van der Waals surface area contributed by atoms with E-state index in [0.29, 0.717) is 11.8 Å². The molecule has 3 atom stereocenters. The summed E-state index contributed by atoms with van der Waals surface area (Å²) in [5.74, 6) is 1.12. The molecule has 1 aliphatic rings. The zero-order valence-corrected chi connectivity index (χ0v) is 7.27. The van der Waals surface area contributed by atoms with E-state index in [0.717, 1.165) is 6.42 Å². The Labute approximate surface area is 73.0 Å². The number of rotatable bonds is 2. The Hall–Kier alpha value is -0.820. The van der Waals surface area contributed by atoms with E-state index in [1.807, 2.05) is 13.0 Å². The van der Waals surface area contributed by atoms with Gasteiger partial charge in [-0.3, -0.25) is 0 Å². The van der Waals surface area contributed by atoms with Crippen LogP contribution in [0.3, 0.4) is 0 Å². The molecule has 12 heavy (non-hydrogen) atoms. The van der Waals surface area contributed by atoms with Gasteiger partial charge in [0.05, 0.1) is 6.10 Å². The van der Waals surface area contributed by atoms with Gasteiger partial charge in [-0.1, -0.05) is 30.3 Å². The highest BCUT2D eigenvalue weighted by atomic mass is 16.3. The fourth-order valence-corrected chi connectivity index (χ4v) is 1.83. The molecule has 1 aromatic carbocycles. The number of hydrogen-bond acceptors (Lipinski definition) is 1. The topological polar surface area (TPSA) is 20.2 Å². The molecule has 1 fully saturated rings. The van der Waals surface area contributed by atoms with Crippen LogP contribution in [0.15, 0.2) is 30.3 Å². The molecule has 2 rings (SSSR count). The van der Waals surface area contributed by atoms with Crippen molar-refractivity contribution < 1.29 is 5.11 Å². The lowest BCUT2D eigenvalue weighted by molar-refractivity contribution is 0.169. The maximum absolute atomic E-state index is 9.32. The number of aliphatic hydroxyl groups excluding tert-OH is 1. The van der Waals surface area contributed by atoms with Gasteiger partial charge in [0, 0.05) is 0 Å². The molecule has 0 unspecified atom stereocenters. The standard InChI is InChI=1S/C11H14O/c1-8(12)10-7-11(10)9-5-3-2-4-6-9/h2-6,8,10-12H,7H2,1H3/t8-,10-,11-/m0/s1. The molecule has 0 heterocycles. The summed E-state index contributed by atoms with van der Waals surface area (Å²) in [5.41, 5.74) is 1.38. The molecular formula is C11H14O. The van der Waals surface area contributed by atoms with Gasteiger partial charge in [-0.2, -0.15) is 0 Å².